The van der Waals surface area contributed by atoms with E-state index in [4.69, 9.17) is 9.84 Å². The van der Waals surface area contributed by atoms with Gasteiger partial charge in [0.25, 0.3) is 0 Å². The van der Waals surface area contributed by atoms with Gasteiger partial charge in [0.05, 0.1) is 0 Å². The fourth-order valence-electron chi connectivity index (χ4n) is 2.87. The van der Waals surface area contributed by atoms with Crippen molar-refractivity contribution in [2.75, 3.05) is 32.8 Å². The minimum atomic E-state index is -0.823. The van der Waals surface area contributed by atoms with Crippen molar-refractivity contribution in [2.45, 2.75) is 32.1 Å². The topological polar surface area (TPSA) is 78.9 Å². The van der Waals surface area contributed by atoms with Crippen molar-refractivity contribution in [1.82, 2.24) is 10.2 Å². The van der Waals surface area contributed by atoms with Crippen LogP contribution in [0.15, 0.2) is 0 Å². The highest BCUT2D eigenvalue weighted by atomic mass is 16.5. The third-order valence-corrected chi connectivity index (χ3v) is 4.12. The lowest BCUT2D eigenvalue weighted by Crippen LogP contribution is -2.41. The van der Waals surface area contributed by atoms with Crippen LogP contribution >= 0.6 is 0 Å². The van der Waals surface area contributed by atoms with E-state index in [9.17, 15) is 9.59 Å². The highest BCUT2D eigenvalue weighted by molar-refractivity contribution is 5.74. The molecule has 108 valence electrons. The summed E-state index contributed by atoms with van der Waals surface area (Å²) in [5.41, 5.74) is 0.261. The molecule has 0 bridgehead atoms. The molecule has 0 radical (unpaired) electrons. The summed E-state index contributed by atoms with van der Waals surface area (Å²) in [4.78, 5) is 24.2. The molecule has 2 N–H and O–H groups in total. The zero-order chi connectivity index (χ0) is 13.7. The number of nitrogens with one attached hydrogen (secondary N) is 1. The summed E-state index contributed by atoms with van der Waals surface area (Å²) in [6.45, 7) is 3.63. The number of amides is 2. The van der Waals surface area contributed by atoms with Crippen LogP contribution in [0.4, 0.5) is 4.79 Å². The molecule has 2 saturated heterocycles. The molecule has 0 saturated carbocycles. The number of hydrogen-bond acceptors (Lipinski definition) is 3. The van der Waals surface area contributed by atoms with Gasteiger partial charge in [-0.15, -0.1) is 0 Å². The number of carboxylic acids is 1. The first kappa shape index (κ1) is 14.1. The molecule has 2 fully saturated rings. The first-order chi connectivity index (χ1) is 9.11. The number of ether oxygens (including phenoxy) is 1. The van der Waals surface area contributed by atoms with Crippen molar-refractivity contribution in [2.24, 2.45) is 5.41 Å². The molecule has 6 nitrogen and oxygen atoms in total. The molecule has 2 amide bonds. The molecule has 0 unspecified atom stereocenters. The molecule has 6 heteroatoms. The number of carbonyl (C=O) groups is 2. The van der Waals surface area contributed by atoms with Crippen molar-refractivity contribution in [3.05, 3.63) is 0 Å². The second kappa shape index (κ2) is 6.23. The molecule has 1 spiro atoms. The Balaban J connectivity index is 1.71. The van der Waals surface area contributed by atoms with E-state index in [-0.39, 0.29) is 17.9 Å². The van der Waals surface area contributed by atoms with E-state index in [1.807, 2.05) is 4.90 Å². The van der Waals surface area contributed by atoms with Crippen LogP contribution in [-0.2, 0) is 9.53 Å². The molecule has 2 aliphatic heterocycles. The zero-order valence-electron chi connectivity index (χ0n) is 11.2. The van der Waals surface area contributed by atoms with Gasteiger partial charge in [-0.2, -0.15) is 0 Å². The predicted octanol–water partition coefficient (Wildman–Crippen LogP) is 1.06. The maximum Gasteiger partial charge on any atom is 0.317 e. The van der Waals surface area contributed by atoms with Crippen molar-refractivity contribution < 1.29 is 19.4 Å². The van der Waals surface area contributed by atoms with Crippen LogP contribution in [-0.4, -0.2) is 54.9 Å². The number of carboxylic acid groups (broad SMARTS) is 1. The number of nitrogens with zero attached hydrogens (tertiary/aromatic N) is 1. The fourth-order valence-corrected chi connectivity index (χ4v) is 2.87. The third-order valence-electron chi connectivity index (χ3n) is 4.12. The van der Waals surface area contributed by atoms with Crippen molar-refractivity contribution in [3.63, 3.8) is 0 Å². The summed E-state index contributed by atoms with van der Waals surface area (Å²) >= 11 is 0. The Hall–Kier alpha value is -1.30. The summed E-state index contributed by atoms with van der Waals surface area (Å²) in [6.07, 6.45) is 3.71. The summed E-state index contributed by atoms with van der Waals surface area (Å²) < 4.78 is 5.38. The Morgan fingerprint density at radius 3 is 2.68 bits per heavy atom. The molecule has 0 aromatic carbocycles. The van der Waals surface area contributed by atoms with Crippen molar-refractivity contribution >= 4 is 12.0 Å². The van der Waals surface area contributed by atoms with E-state index in [1.54, 1.807) is 0 Å². The van der Waals surface area contributed by atoms with E-state index >= 15 is 0 Å². The third kappa shape index (κ3) is 3.83. The van der Waals surface area contributed by atoms with Gasteiger partial charge < -0.3 is 20.1 Å². The number of aliphatic carboxylic acids is 1. The van der Waals surface area contributed by atoms with Crippen LogP contribution in [0.1, 0.15) is 32.1 Å². The quantitative estimate of drug-likeness (QED) is 0.749. The molecular weight excluding hydrogens is 248 g/mol. The fraction of sp³-hybridized carbons (Fsp3) is 0.846. The average Bonchev–Trinajstić information content (AvgIpc) is 2.79. The van der Waals surface area contributed by atoms with Crippen LogP contribution in [0, 0.1) is 5.41 Å². The van der Waals surface area contributed by atoms with Gasteiger partial charge in [-0.1, -0.05) is 0 Å². The minimum absolute atomic E-state index is 0.0613. The maximum absolute atomic E-state index is 12.0. The van der Waals surface area contributed by atoms with Gasteiger partial charge in [-0.05, 0) is 31.1 Å². The van der Waals surface area contributed by atoms with Gasteiger partial charge in [0, 0.05) is 39.3 Å². The van der Waals surface area contributed by atoms with Crippen molar-refractivity contribution in [1.29, 1.82) is 0 Å². The smallest absolute Gasteiger partial charge is 0.317 e. The van der Waals surface area contributed by atoms with Crippen LogP contribution in [0.25, 0.3) is 0 Å². The summed E-state index contributed by atoms with van der Waals surface area (Å²) in [5.74, 6) is -0.823. The first-order valence-electron chi connectivity index (χ1n) is 6.94. The Morgan fingerprint density at radius 1 is 1.26 bits per heavy atom. The molecular formula is C13H22N2O4. The van der Waals surface area contributed by atoms with Gasteiger partial charge in [0.2, 0.25) is 0 Å². The molecule has 0 aliphatic carbocycles. The molecule has 2 rings (SSSR count). The minimum Gasteiger partial charge on any atom is -0.481 e. The van der Waals surface area contributed by atoms with Gasteiger partial charge in [-0.3, -0.25) is 4.79 Å². The van der Waals surface area contributed by atoms with E-state index < -0.39 is 5.97 Å². The Morgan fingerprint density at radius 2 is 2.00 bits per heavy atom. The Labute approximate surface area is 113 Å². The van der Waals surface area contributed by atoms with Gasteiger partial charge >= 0.3 is 12.0 Å². The maximum atomic E-state index is 12.0. The number of urea groups is 1. The van der Waals surface area contributed by atoms with E-state index in [0.717, 1.165) is 45.6 Å². The predicted molar refractivity (Wildman–Crippen MR) is 68.9 cm³/mol. The summed E-state index contributed by atoms with van der Waals surface area (Å²) in [7, 11) is 0. The lowest BCUT2D eigenvalue weighted by Gasteiger charge is -2.33. The van der Waals surface area contributed by atoms with Gasteiger partial charge in [-0.25, -0.2) is 4.79 Å². The zero-order valence-corrected chi connectivity index (χ0v) is 11.2. The molecule has 2 heterocycles. The monoisotopic (exact) mass is 270 g/mol. The van der Waals surface area contributed by atoms with Gasteiger partial charge in [0.15, 0.2) is 0 Å². The summed E-state index contributed by atoms with van der Waals surface area (Å²) in [6, 6.07) is -0.0613. The van der Waals surface area contributed by atoms with Crippen molar-refractivity contribution in [3.8, 4) is 0 Å². The van der Waals surface area contributed by atoms with Gasteiger partial charge in [0.1, 0.15) is 0 Å². The number of carbonyl (C=O) groups excluding carboxylic acids is 1. The Kier molecular flexibility index (Phi) is 4.63. The van der Waals surface area contributed by atoms with E-state index in [0.29, 0.717) is 13.0 Å². The van der Waals surface area contributed by atoms with E-state index in [1.165, 1.54) is 0 Å². The second-order valence-electron chi connectivity index (χ2n) is 5.51. The number of rotatable bonds is 4. The number of likely N-dealkylation sites (tertiary alicyclic amines) is 1. The van der Waals surface area contributed by atoms with E-state index in [2.05, 4.69) is 5.32 Å². The Bertz CT molecular complexity index is 340. The van der Waals surface area contributed by atoms with Crippen LogP contribution < -0.4 is 5.32 Å². The summed E-state index contributed by atoms with van der Waals surface area (Å²) in [5, 5.41) is 11.3. The number of hydrogen-bond donors (Lipinski definition) is 2. The highest BCUT2D eigenvalue weighted by Crippen LogP contribution is 2.39. The molecule has 2 aliphatic rings. The van der Waals surface area contributed by atoms with Crippen LogP contribution in [0.2, 0.25) is 0 Å². The molecule has 19 heavy (non-hydrogen) atoms. The lowest BCUT2D eigenvalue weighted by atomic mass is 9.80. The molecule has 0 aromatic heterocycles. The van der Waals surface area contributed by atoms with Crippen LogP contribution in [0.5, 0.6) is 0 Å². The molecule has 0 aromatic rings. The standard InChI is InChI=1S/C13H22N2O4/c16-11(17)2-1-6-14-12(18)15-7-3-13(10-15)4-8-19-9-5-13/h1-10H2,(H,14,18)(H,16,17). The largest absolute Gasteiger partial charge is 0.481 e. The SMILES string of the molecule is O=C(O)CCCNC(=O)N1CCC2(CCOCC2)C1. The normalized spacial score (nSPS) is 21.6. The first-order valence-corrected chi connectivity index (χ1v) is 6.94. The second-order valence-corrected chi connectivity index (χ2v) is 5.51. The average molecular weight is 270 g/mol. The van der Waals surface area contributed by atoms with Crippen LogP contribution in [0.3, 0.4) is 0 Å². The molecule has 0 atom stereocenters. The lowest BCUT2D eigenvalue weighted by molar-refractivity contribution is -0.137. The highest BCUT2D eigenvalue weighted by Gasteiger charge is 2.40.